The molecule has 0 amide bonds. The minimum absolute atomic E-state index is 0.0447. The normalized spacial score (nSPS) is 15.1. The number of rotatable bonds is 8. The van der Waals surface area contributed by atoms with E-state index in [0.29, 0.717) is 5.56 Å². The van der Waals surface area contributed by atoms with Crippen molar-refractivity contribution in [3.8, 4) is 50.2 Å². The van der Waals surface area contributed by atoms with Crippen molar-refractivity contribution < 1.29 is 21.9 Å². The Bertz CT molecular complexity index is 4160. The number of benzene rings is 10. The van der Waals surface area contributed by atoms with E-state index in [0.717, 1.165) is 55.5 Å². The second-order valence-corrected chi connectivity index (χ2v) is 14.1. The van der Waals surface area contributed by atoms with Crippen LogP contribution in [0.4, 0.5) is 17.1 Å². The van der Waals surface area contributed by atoms with Crippen LogP contribution < -0.4 is 4.90 Å². The van der Waals surface area contributed by atoms with Crippen molar-refractivity contribution in [3.05, 3.63) is 242 Å². The average molecular weight is 781 g/mol. The molecule has 282 valence electrons. The maximum atomic E-state index is 9.89. The van der Waals surface area contributed by atoms with E-state index in [1.54, 1.807) is 30.3 Å². The molecule has 11 rings (SSSR count). The molecule has 0 spiro atoms. The Kier molecular flexibility index (Phi) is 5.61. The molecule has 0 aliphatic carbocycles. The molecule has 1 heterocycles. The highest BCUT2D eigenvalue weighted by atomic mass is 15.1. The van der Waals surface area contributed by atoms with Crippen molar-refractivity contribution in [2.45, 2.75) is 0 Å². The fourth-order valence-corrected chi connectivity index (χ4v) is 7.87. The van der Waals surface area contributed by atoms with Crippen molar-refractivity contribution in [3.63, 3.8) is 0 Å². The molecule has 0 N–H and O–H groups in total. The van der Waals surface area contributed by atoms with Crippen LogP contribution in [0.15, 0.2) is 242 Å². The molecule has 0 fully saturated rings. The van der Waals surface area contributed by atoms with Gasteiger partial charge < -0.3 is 9.47 Å². The highest BCUT2D eigenvalue weighted by Gasteiger charge is 2.20. The van der Waals surface area contributed by atoms with E-state index in [2.05, 4.69) is 10.6 Å². The van der Waals surface area contributed by atoms with E-state index in [1.807, 2.05) is 103 Å². The van der Waals surface area contributed by atoms with Crippen LogP contribution in [-0.4, -0.2) is 4.57 Å². The summed E-state index contributed by atoms with van der Waals surface area (Å²) in [4.78, 5) is 1.20. The number of anilines is 3. The monoisotopic (exact) mass is 780 g/mol. The minimum Gasteiger partial charge on any atom is -0.310 e. The first-order valence-electron chi connectivity index (χ1n) is 27.3. The van der Waals surface area contributed by atoms with Gasteiger partial charge in [0.2, 0.25) is 0 Å². The van der Waals surface area contributed by atoms with E-state index in [1.165, 1.54) is 4.90 Å². The summed E-state index contributed by atoms with van der Waals surface area (Å²) < 4.78 is 148. The van der Waals surface area contributed by atoms with Crippen molar-refractivity contribution in [2.75, 3.05) is 4.90 Å². The lowest BCUT2D eigenvalue weighted by atomic mass is 9.96. The molecule has 0 radical (unpaired) electrons. The summed E-state index contributed by atoms with van der Waals surface area (Å²) in [6.45, 7) is 0. The van der Waals surface area contributed by atoms with Gasteiger partial charge in [-0.05, 0) is 105 Å². The predicted molar refractivity (Wildman–Crippen MR) is 255 cm³/mol. The molecule has 0 atom stereocenters. The van der Waals surface area contributed by atoms with E-state index in [4.69, 9.17) is 11.0 Å². The van der Waals surface area contributed by atoms with Crippen LogP contribution in [0.2, 0.25) is 0 Å². The van der Waals surface area contributed by atoms with E-state index in [-0.39, 0.29) is 16.8 Å². The topological polar surface area (TPSA) is 8.17 Å². The van der Waals surface area contributed by atoms with E-state index >= 15 is 0 Å². The Hall–Kier alpha value is -7.94. The molecule has 2 nitrogen and oxygen atoms in total. The van der Waals surface area contributed by atoms with Crippen molar-refractivity contribution in [1.82, 2.24) is 4.57 Å². The maximum absolute atomic E-state index is 9.89. The first-order chi connectivity index (χ1) is 36.4. The minimum atomic E-state index is -0.766. The van der Waals surface area contributed by atoms with Crippen LogP contribution >= 0.6 is 0 Å². The van der Waals surface area contributed by atoms with Gasteiger partial charge in [0.05, 0.1) is 44.3 Å². The first kappa shape index (κ1) is 22.3. The Labute approximate surface area is 373 Å². The molecule has 0 bridgehead atoms. The van der Waals surface area contributed by atoms with Crippen LogP contribution in [0.25, 0.3) is 82.8 Å². The Balaban J connectivity index is 1.20. The fourth-order valence-electron chi connectivity index (χ4n) is 7.87. The van der Waals surface area contributed by atoms with Gasteiger partial charge >= 0.3 is 0 Å². The zero-order chi connectivity index (χ0) is 53.8. The van der Waals surface area contributed by atoms with Crippen LogP contribution in [0.3, 0.4) is 0 Å². The fraction of sp³-hybridized carbons (Fsp3) is 0. The molecule has 11 aromatic rings. The van der Waals surface area contributed by atoms with Crippen LogP contribution in [-0.2, 0) is 0 Å². The predicted octanol–water partition coefficient (Wildman–Crippen LogP) is 16.1. The van der Waals surface area contributed by atoms with Crippen molar-refractivity contribution >= 4 is 49.6 Å². The highest BCUT2D eigenvalue weighted by Crippen LogP contribution is 2.44. The van der Waals surface area contributed by atoms with Crippen LogP contribution in [0, 0.1) is 0 Å². The molecule has 0 aliphatic rings. The summed E-state index contributed by atoms with van der Waals surface area (Å²) >= 11 is 0. The SMILES string of the molecule is [2H]c1c(-c2c([2H])c([2H])c([2H])c([2H])c2[2H])cc(-c2c([2H])c([2H])c([2H])c([2H])c2[2H])c(N(c2ccc(-c3ccccc3)cc2)c2c([2H])c([2H])c(-c3ccc4c(c3)c3ccccc3n4-c3cccc4ccccc34)c([2H])c2[2H])c1[2H]. The molecule has 2 heteroatoms. The van der Waals surface area contributed by atoms with Gasteiger partial charge in [-0.3, -0.25) is 0 Å². The summed E-state index contributed by atoms with van der Waals surface area (Å²) in [6, 6.07) is 33.6. The third kappa shape index (κ3) is 6.32. The summed E-state index contributed by atoms with van der Waals surface area (Å²) in [5.74, 6) is 0. The molecular weight excluding hydrogens is 725 g/mol. The van der Waals surface area contributed by atoms with Gasteiger partial charge in [-0.1, -0.05) is 182 Å². The van der Waals surface area contributed by atoms with E-state index < -0.39 is 125 Å². The number of aromatic nitrogens is 1. The van der Waals surface area contributed by atoms with E-state index in [9.17, 15) is 11.0 Å². The number of fused-ring (bicyclic) bond motifs is 4. The van der Waals surface area contributed by atoms with Gasteiger partial charge in [0.15, 0.2) is 0 Å². The zero-order valence-electron chi connectivity index (χ0n) is 47.8. The zero-order valence-corrected chi connectivity index (χ0v) is 31.8. The van der Waals surface area contributed by atoms with Gasteiger partial charge in [-0.25, -0.2) is 0 Å². The summed E-state index contributed by atoms with van der Waals surface area (Å²) in [5.41, 5.74) is 2.08. The summed E-state index contributed by atoms with van der Waals surface area (Å²) in [7, 11) is 0. The number of nitrogens with zero attached hydrogens (tertiary/aromatic N) is 2. The second kappa shape index (κ2) is 15.1. The molecule has 0 aliphatic heterocycles. The lowest BCUT2D eigenvalue weighted by Gasteiger charge is -2.29. The first-order valence-corrected chi connectivity index (χ1v) is 19.3. The van der Waals surface area contributed by atoms with Crippen LogP contribution in [0.1, 0.15) is 21.9 Å². The number of para-hydroxylation sites is 1. The third-order valence-corrected chi connectivity index (χ3v) is 10.7. The van der Waals surface area contributed by atoms with Crippen molar-refractivity contribution in [2.24, 2.45) is 0 Å². The molecule has 0 saturated heterocycles. The van der Waals surface area contributed by atoms with Crippen molar-refractivity contribution in [1.29, 1.82) is 0 Å². The Morgan fingerprint density at radius 1 is 0.350 bits per heavy atom. The molecule has 0 unspecified atom stereocenters. The lowest BCUT2D eigenvalue weighted by molar-refractivity contribution is 1.20. The highest BCUT2D eigenvalue weighted by molar-refractivity contribution is 6.11. The molecule has 60 heavy (non-hydrogen) atoms. The third-order valence-electron chi connectivity index (χ3n) is 10.7. The van der Waals surface area contributed by atoms with Gasteiger partial charge in [0.1, 0.15) is 0 Å². The maximum Gasteiger partial charge on any atom is 0.0645 e. The number of hydrogen-bond acceptors (Lipinski definition) is 1. The van der Waals surface area contributed by atoms with Gasteiger partial charge in [0.25, 0.3) is 0 Å². The quantitative estimate of drug-likeness (QED) is 0.149. The number of hydrogen-bond donors (Lipinski definition) is 0. The Morgan fingerprint density at radius 2 is 0.950 bits per heavy atom. The Morgan fingerprint density at radius 3 is 1.73 bits per heavy atom. The van der Waals surface area contributed by atoms with Gasteiger partial charge in [-0.2, -0.15) is 0 Å². The largest absolute Gasteiger partial charge is 0.310 e. The van der Waals surface area contributed by atoms with Gasteiger partial charge in [0, 0.05) is 33.1 Å². The standard InChI is InChI=1S/C58H40N2/c1-4-15-41(16-5-1)43-27-33-49(34-28-43)59(57-37-31-47(42-17-6-2-7-18-42)39-53(57)46-19-8-3-9-20-46)50-35-29-44(30-36-50)48-32-38-58-54(40-48)52-24-12-13-25-56(52)60(58)55-26-14-22-45-21-10-11-23-51(45)55/h1-40H/i2D,3D,6D,7D,8D,9D,17D,18D,19D,20D,29D,30D,31D,35D,36D,37D. The summed E-state index contributed by atoms with van der Waals surface area (Å²) in [5, 5.41) is 3.74. The smallest absolute Gasteiger partial charge is 0.0645 e. The molecular formula is C58H40N2. The lowest BCUT2D eigenvalue weighted by Crippen LogP contribution is -2.11. The molecule has 0 saturated carbocycles. The molecule has 1 aromatic heterocycles. The summed E-state index contributed by atoms with van der Waals surface area (Å²) in [6.07, 6.45) is 0. The van der Waals surface area contributed by atoms with Crippen LogP contribution in [0.5, 0.6) is 0 Å². The average Bonchev–Trinajstić information content (AvgIpc) is 3.78. The second-order valence-electron chi connectivity index (χ2n) is 14.1. The molecule has 10 aromatic carbocycles. The van der Waals surface area contributed by atoms with Gasteiger partial charge in [-0.15, -0.1) is 0 Å².